The van der Waals surface area contributed by atoms with Crippen LogP contribution in [0.4, 0.5) is 0 Å². The van der Waals surface area contributed by atoms with Gasteiger partial charge in [0, 0.05) is 32.3 Å². The highest BCUT2D eigenvalue weighted by molar-refractivity contribution is 5.14. The number of nitrogens with one attached hydrogen (secondary N) is 1. The molecule has 1 N–H and O–H groups in total. The number of aromatic nitrogens is 4. The van der Waals surface area contributed by atoms with Crippen LogP contribution in [0, 0.1) is 13.8 Å². The van der Waals surface area contributed by atoms with Crippen molar-refractivity contribution in [2.75, 3.05) is 0 Å². The highest BCUT2D eigenvalue weighted by Crippen LogP contribution is 2.04. The van der Waals surface area contributed by atoms with E-state index in [-0.39, 0.29) is 0 Å². The molecule has 0 spiro atoms. The molecule has 2 aromatic rings. The molecule has 0 aliphatic heterocycles. The van der Waals surface area contributed by atoms with Crippen molar-refractivity contribution in [1.82, 2.24) is 25.2 Å². The van der Waals surface area contributed by atoms with Crippen molar-refractivity contribution < 1.29 is 4.52 Å². The molecule has 0 aromatic carbocycles. The fraction of sp³-hybridized carbons (Fsp3) is 0.500. The first-order valence-corrected chi connectivity index (χ1v) is 5.14. The minimum atomic E-state index is 0.592. The quantitative estimate of drug-likeness (QED) is 0.823. The molecule has 16 heavy (non-hydrogen) atoms. The predicted molar refractivity (Wildman–Crippen MR) is 57.5 cm³/mol. The molecule has 0 saturated carbocycles. The molecular formula is C10H15N5O. The summed E-state index contributed by atoms with van der Waals surface area (Å²) >= 11 is 0. The van der Waals surface area contributed by atoms with E-state index in [1.807, 2.05) is 24.9 Å². The van der Waals surface area contributed by atoms with E-state index in [2.05, 4.69) is 20.6 Å². The topological polar surface area (TPSA) is 68.8 Å². The number of nitrogens with zero attached hydrogens (tertiary/aromatic N) is 4. The Morgan fingerprint density at radius 3 is 2.75 bits per heavy atom. The van der Waals surface area contributed by atoms with Crippen molar-refractivity contribution in [1.29, 1.82) is 0 Å². The van der Waals surface area contributed by atoms with Crippen LogP contribution in [0.3, 0.4) is 0 Å². The van der Waals surface area contributed by atoms with Gasteiger partial charge in [0.05, 0.1) is 12.2 Å². The maximum Gasteiger partial charge on any atom is 0.223 e. The lowest BCUT2D eigenvalue weighted by Crippen LogP contribution is -2.14. The first-order chi connectivity index (χ1) is 7.65. The Morgan fingerprint density at radius 2 is 2.19 bits per heavy atom. The molecule has 2 aromatic heterocycles. The Balaban J connectivity index is 1.86. The number of hydrogen-bond acceptors (Lipinski definition) is 5. The van der Waals surface area contributed by atoms with Crippen LogP contribution >= 0.6 is 0 Å². The Labute approximate surface area is 93.7 Å². The molecule has 2 rings (SSSR count). The maximum atomic E-state index is 4.88. The minimum Gasteiger partial charge on any atom is -0.340 e. The van der Waals surface area contributed by atoms with E-state index in [0.29, 0.717) is 18.3 Å². The number of aryl methyl sites for hydroxylation is 3. The summed E-state index contributed by atoms with van der Waals surface area (Å²) in [7, 11) is 1.92. The summed E-state index contributed by atoms with van der Waals surface area (Å²) in [6.07, 6.45) is 2.00. The fourth-order valence-electron chi connectivity index (χ4n) is 1.54. The van der Waals surface area contributed by atoms with Crippen LogP contribution in [0.15, 0.2) is 10.7 Å². The van der Waals surface area contributed by atoms with Crippen LogP contribution in [-0.4, -0.2) is 19.9 Å². The summed E-state index contributed by atoms with van der Waals surface area (Å²) < 4.78 is 6.69. The van der Waals surface area contributed by atoms with E-state index in [0.717, 1.165) is 12.2 Å². The molecule has 6 nitrogen and oxygen atoms in total. The molecule has 0 radical (unpaired) electrons. The second-order valence-electron chi connectivity index (χ2n) is 3.75. The largest absolute Gasteiger partial charge is 0.340 e. The Morgan fingerprint density at radius 1 is 1.38 bits per heavy atom. The molecule has 2 heterocycles. The van der Waals surface area contributed by atoms with Gasteiger partial charge in [-0.2, -0.15) is 10.1 Å². The van der Waals surface area contributed by atoms with Crippen LogP contribution in [0.1, 0.15) is 23.0 Å². The summed E-state index contributed by atoms with van der Waals surface area (Å²) in [4.78, 5) is 4.11. The van der Waals surface area contributed by atoms with Crippen molar-refractivity contribution in [3.05, 3.63) is 29.2 Å². The number of hydrogen-bond donors (Lipinski definition) is 1. The van der Waals surface area contributed by atoms with Crippen LogP contribution in [0.25, 0.3) is 0 Å². The Bertz CT molecular complexity index is 473. The van der Waals surface area contributed by atoms with Gasteiger partial charge < -0.3 is 9.84 Å². The lowest BCUT2D eigenvalue weighted by atomic mass is 10.2. The smallest absolute Gasteiger partial charge is 0.223 e. The molecule has 0 amide bonds. The maximum absolute atomic E-state index is 4.88. The molecule has 0 unspecified atom stereocenters. The van der Waals surface area contributed by atoms with Gasteiger partial charge in [0.2, 0.25) is 5.89 Å². The highest BCUT2D eigenvalue weighted by Gasteiger charge is 2.04. The monoisotopic (exact) mass is 221 g/mol. The molecule has 0 bridgehead atoms. The van der Waals surface area contributed by atoms with Crippen LogP contribution in [0.5, 0.6) is 0 Å². The van der Waals surface area contributed by atoms with Gasteiger partial charge in [0.15, 0.2) is 5.82 Å². The van der Waals surface area contributed by atoms with Crippen LogP contribution < -0.4 is 5.32 Å². The average molecular weight is 221 g/mol. The Kier molecular flexibility index (Phi) is 3.00. The molecular weight excluding hydrogens is 206 g/mol. The summed E-state index contributed by atoms with van der Waals surface area (Å²) in [5.74, 6) is 1.27. The summed E-state index contributed by atoms with van der Waals surface area (Å²) in [5, 5.41) is 11.3. The molecule has 0 saturated heterocycles. The molecule has 0 fully saturated rings. The third kappa shape index (κ3) is 2.46. The van der Waals surface area contributed by atoms with E-state index in [9.17, 15) is 0 Å². The zero-order valence-electron chi connectivity index (χ0n) is 9.69. The predicted octanol–water partition coefficient (Wildman–Crippen LogP) is 0.710. The highest BCUT2D eigenvalue weighted by atomic mass is 16.5. The average Bonchev–Trinajstić information content (AvgIpc) is 2.74. The minimum absolute atomic E-state index is 0.592. The normalized spacial score (nSPS) is 10.9. The van der Waals surface area contributed by atoms with Gasteiger partial charge in [-0.25, -0.2) is 0 Å². The van der Waals surface area contributed by atoms with Crippen molar-refractivity contribution in [3.8, 4) is 0 Å². The van der Waals surface area contributed by atoms with E-state index < -0.39 is 0 Å². The van der Waals surface area contributed by atoms with Crippen molar-refractivity contribution in [2.24, 2.45) is 7.05 Å². The van der Waals surface area contributed by atoms with E-state index >= 15 is 0 Å². The van der Waals surface area contributed by atoms with Gasteiger partial charge in [-0.3, -0.25) is 4.68 Å². The van der Waals surface area contributed by atoms with Crippen LogP contribution in [-0.2, 0) is 20.1 Å². The second kappa shape index (κ2) is 4.44. The van der Waals surface area contributed by atoms with Gasteiger partial charge in [0.25, 0.3) is 0 Å². The molecule has 0 aliphatic carbocycles. The van der Waals surface area contributed by atoms with Gasteiger partial charge >= 0.3 is 0 Å². The van der Waals surface area contributed by atoms with E-state index in [1.54, 1.807) is 6.92 Å². The zero-order chi connectivity index (χ0) is 11.5. The zero-order valence-corrected chi connectivity index (χ0v) is 9.69. The molecule has 86 valence electrons. The van der Waals surface area contributed by atoms with Gasteiger partial charge in [-0.15, -0.1) is 0 Å². The van der Waals surface area contributed by atoms with E-state index in [4.69, 9.17) is 4.52 Å². The first kappa shape index (κ1) is 10.8. The Hall–Kier alpha value is -1.69. The standard InChI is InChI=1S/C10H15N5O/c1-7-9(6-15(3)13-7)4-11-5-10-12-8(2)16-14-10/h6,11H,4-5H2,1-3H3. The third-order valence-electron chi connectivity index (χ3n) is 2.28. The first-order valence-electron chi connectivity index (χ1n) is 5.14. The summed E-state index contributed by atoms with van der Waals surface area (Å²) in [6, 6.07) is 0. The number of rotatable bonds is 4. The lowest BCUT2D eigenvalue weighted by Gasteiger charge is -1.99. The van der Waals surface area contributed by atoms with Crippen molar-refractivity contribution in [3.63, 3.8) is 0 Å². The third-order valence-corrected chi connectivity index (χ3v) is 2.28. The molecule has 6 heteroatoms. The van der Waals surface area contributed by atoms with Crippen LogP contribution in [0.2, 0.25) is 0 Å². The van der Waals surface area contributed by atoms with Crippen molar-refractivity contribution in [2.45, 2.75) is 26.9 Å². The van der Waals surface area contributed by atoms with E-state index in [1.165, 1.54) is 5.56 Å². The lowest BCUT2D eigenvalue weighted by molar-refractivity contribution is 0.385. The van der Waals surface area contributed by atoms with Gasteiger partial charge in [-0.1, -0.05) is 5.16 Å². The van der Waals surface area contributed by atoms with Crippen molar-refractivity contribution >= 4 is 0 Å². The van der Waals surface area contributed by atoms with Gasteiger partial charge in [-0.05, 0) is 6.92 Å². The SMILES string of the molecule is Cc1nc(CNCc2cn(C)nc2C)no1. The summed E-state index contributed by atoms with van der Waals surface area (Å²) in [5.41, 5.74) is 2.22. The van der Waals surface area contributed by atoms with Gasteiger partial charge in [0.1, 0.15) is 0 Å². The second-order valence-corrected chi connectivity index (χ2v) is 3.75. The molecule has 0 aliphatic rings. The molecule has 0 atom stereocenters. The summed E-state index contributed by atoms with van der Waals surface area (Å²) in [6.45, 7) is 5.14. The fourth-order valence-corrected chi connectivity index (χ4v) is 1.54.